The molecule has 118 valence electrons. The second kappa shape index (κ2) is 7.78. The zero-order valence-electron chi connectivity index (χ0n) is 11.9. The van der Waals surface area contributed by atoms with Crippen LogP contribution in [0.15, 0.2) is 0 Å². The number of carbonyl (C=O) groups is 5. The van der Waals surface area contributed by atoms with Crippen LogP contribution in [0.2, 0.25) is 0 Å². The second-order valence-electron chi connectivity index (χ2n) is 4.31. The first-order chi connectivity index (χ1) is 10.3. The molecule has 9 nitrogen and oxygen atoms in total. The molecule has 0 aromatic heterocycles. The van der Waals surface area contributed by atoms with Gasteiger partial charge in [0.05, 0.1) is 0 Å². The first-order valence-electron chi connectivity index (χ1n) is 6.36. The highest BCUT2D eigenvalue weighted by molar-refractivity contribution is 6.01. The van der Waals surface area contributed by atoms with E-state index in [0.717, 1.165) is 0 Å². The molecule has 0 bridgehead atoms. The van der Waals surface area contributed by atoms with E-state index >= 15 is 0 Å². The van der Waals surface area contributed by atoms with Gasteiger partial charge < -0.3 is 9.68 Å². The largest absolute Gasteiger partial charge is 0.408 e. The Morgan fingerprint density at radius 2 is 1.82 bits per heavy atom. The summed E-state index contributed by atoms with van der Waals surface area (Å²) in [4.78, 5) is 65.3. The van der Waals surface area contributed by atoms with Crippen molar-refractivity contribution in [3.05, 3.63) is 0 Å². The van der Waals surface area contributed by atoms with Crippen LogP contribution in [0.5, 0.6) is 0 Å². The standard InChI is InChI=1S/C13H14N2O7/c1-3-12(19)21-14(2)9(16)5-4-6-13(20)22-15-10(17)7-8-11(15)18/h1H,4-8H2,2H3. The fourth-order valence-corrected chi connectivity index (χ4v) is 1.55. The lowest BCUT2D eigenvalue weighted by Crippen LogP contribution is -2.32. The van der Waals surface area contributed by atoms with Crippen molar-refractivity contribution in [1.29, 1.82) is 0 Å². The Morgan fingerprint density at radius 1 is 1.23 bits per heavy atom. The van der Waals surface area contributed by atoms with E-state index in [9.17, 15) is 24.0 Å². The molecule has 9 heteroatoms. The molecule has 1 saturated heterocycles. The summed E-state index contributed by atoms with van der Waals surface area (Å²) >= 11 is 0. The van der Waals surface area contributed by atoms with Crippen LogP contribution >= 0.6 is 0 Å². The molecule has 0 saturated carbocycles. The van der Waals surface area contributed by atoms with Gasteiger partial charge in [0.25, 0.3) is 17.7 Å². The average molecular weight is 310 g/mol. The van der Waals surface area contributed by atoms with Gasteiger partial charge >= 0.3 is 11.9 Å². The van der Waals surface area contributed by atoms with Crippen LogP contribution in [0.25, 0.3) is 0 Å². The monoisotopic (exact) mass is 310 g/mol. The lowest BCUT2D eigenvalue weighted by atomic mass is 10.2. The van der Waals surface area contributed by atoms with Gasteiger partial charge in [-0.05, 0) is 6.42 Å². The van der Waals surface area contributed by atoms with E-state index in [1.165, 1.54) is 7.05 Å². The zero-order valence-corrected chi connectivity index (χ0v) is 11.9. The van der Waals surface area contributed by atoms with Crippen molar-refractivity contribution >= 4 is 29.7 Å². The van der Waals surface area contributed by atoms with Crippen molar-refractivity contribution in [3.63, 3.8) is 0 Å². The molecular weight excluding hydrogens is 296 g/mol. The van der Waals surface area contributed by atoms with Gasteiger partial charge in [-0.2, -0.15) is 5.06 Å². The molecular formula is C13H14N2O7. The number of hydrogen-bond donors (Lipinski definition) is 0. The van der Waals surface area contributed by atoms with E-state index in [0.29, 0.717) is 10.1 Å². The molecule has 0 aromatic carbocycles. The summed E-state index contributed by atoms with van der Waals surface area (Å²) in [6.45, 7) is 0. The lowest BCUT2D eigenvalue weighted by molar-refractivity contribution is -0.197. The van der Waals surface area contributed by atoms with E-state index in [2.05, 4.69) is 9.68 Å². The summed E-state index contributed by atoms with van der Waals surface area (Å²) in [6, 6.07) is 0. The van der Waals surface area contributed by atoms with Gasteiger partial charge in [0.1, 0.15) is 0 Å². The van der Waals surface area contributed by atoms with E-state index in [1.807, 2.05) is 0 Å². The van der Waals surface area contributed by atoms with Gasteiger partial charge in [0, 0.05) is 38.7 Å². The predicted octanol–water partition coefficient (Wildman–Crippen LogP) is -0.686. The molecule has 0 aromatic rings. The highest BCUT2D eigenvalue weighted by atomic mass is 16.7. The third kappa shape index (κ3) is 4.90. The normalized spacial score (nSPS) is 13.5. The van der Waals surface area contributed by atoms with Crippen LogP contribution in [-0.4, -0.2) is 46.8 Å². The molecule has 1 aliphatic rings. The average Bonchev–Trinajstić information content (AvgIpc) is 2.78. The highest BCUT2D eigenvalue weighted by Gasteiger charge is 2.32. The molecule has 0 spiro atoms. The SMILES string of the molecule is C#CC(=O)ON(C)C(=O)CCCC(=O)ON1C(=O)CCC1=O. The van der Waals surface area contributed by atoms with Crippen molar-refractivity contribution in [2.75, 3.05) is 7.05 Å². The van der Waals surface area contributed by atoms with Crippen LogP contribution < -0.4 is 0 Å². The number of carbonyl (C=O) groups excluding carboxylic acids is 5. The van der Waals surface area contributed by atoms with E-state index in [1.54, 1.807) is 5.92 Å². The van der Waals surface area contributed by atoms with E-state index in [4.69, 9.17) is 6.42 Å². The van der Waals surface area contributed by atoms with Crippen LogP contribution in [0.3, 0.4) is 0 Å². The van der Waals surface area contributed by atoms with Gasteiger partial charge in [-0.1, -0.05) is 0 Å². The van der Waals surface area contributed by atoms with Crippen molar-refractivity contribution < 1.29 is 33.6 Å². The molecule has 1 heterocycles. The van der Waals surface area contributed by atoms with Crippen molar-refractivity contribution in [1.82, 2.24) is 10.1 Å². The summed E-state index contributed by atoms with van der Waals surface area (Å²) in [5, 5.41) is 1.10. The molecule has 0 aliphatic carbocycles. The van der Waals surface area contributed by atoms with Crippen molar-refractivity contribution in [3.8, 4) is 12.3 Å². The quantitative estimate of drug-likeness (QED) is 0.375. The van der Waals surface area contributed by atoms with Crippen LogP contribution in [0.4, 0.5) is 0 Å². The summed E-state index contributed by atoms with van der Waals surface area (Å²) < 4.78 is 0. The minimum absolute atomic E-state index is 0.00986. The maximum atomic E-state index is 11.5. The van der Waals surface area contributed by atoms with Crippen molar-refractivity contribution in [2.24, 2.45) is 0 Å². The Kier molecular flexibility index (Phi) is 6.07. The molecule has 1 fully saturated rings. The van der Waals surface area contributed by atoms with Crippen molar-refractivity contribution in [2.45, 2.75) is 32.1 Å². The lowest BCUT2D eigenvalue weighted by Gasteiger charge is -2.14. The smallest absolute Gasteiger partial charge is 0.330 e. The fourth-order valence-electron chi connectivity index (χ4n) is 1.55. The Balaban J connectivity index is 2.29. The van der Waals surface area contributed by atoms with Gasteiger partial charge in [-0.25, -0.2) is 9.59 Å². The van der Waals surface area contributed by atoms with Gasteiger partial charge in [0.2, 0.25) is 0 Å². The highest BCUT2D eigenvalue weighted by Crippen LogP contribution is 2.13. The topological polar surface area (TPSA) is 110 Å². The Morgan fingerprint density at radius 3 is 2.36 bits per heavy atom. The minimum atomic E-state index is -1.01. The molecule has 1 aliphatic heterocycles. The number of amides is 3. The first kappa shape index (κ1) is 17.2. The molecule has 0 N–H and O–H groups in total. The van der Waals surface area contributed by atoms with Gasteiger partial charge in [-0.15, -0.1) is 11.5 Å². The molecule has 0 atom stereocenters. The number of terminal acetylenes is 1. The van der Waals surface area contributed by atoms with Crippen LogP contribution in [0, 0.1) is 12.3 Å². The third-order valence-electron chi connectivity index (χ3n) is 2.66. The van der Waals surface area contributed by atoms with E-state index in [-0.39, 0.29) is 32.1 Å². The first-order valence-corrected chi connectivity index (χ1v) is 6.36. The zero-order chi connectivity index (χ0) is 16.7. The summed E-state index contributed by atoms with van der Waals surface area (Å²) in [7, 11) is 1.21. The summed E-state index contributed by atoms with van der Waals surface area (Å²) in [6.07, 6.45) is 4.60. The second-order valence-corrected chi connectivity index (χ2v) is 4.31. The Labute approximate surface area is 126 Å². The molecule has 0 radical (unpaired) electrons. The third-order valence-corrected chi connectivity index (χ3v) is 2.66. The van der Waals surface area contributed by atoms with Crippen LogP contribution in [-0.2, 0) is 33.6 Å². The maximum Gasteiger partial charge on any atom is 0.408 e. The Hall–Kier alpha value is -2.89. The fraction of sp³-hybridized carbons (Fsp3) is 0.462. The molecule has 22 heavy (non-hydrogen) atoms. The van der Waals surface area contributed by atoms with Gasteiger partial charge in [-0.3, -0.25) is 14.4 Å². The maximum absolute atomic E-state index is 11.5. The summed E-state index contributed by atoms with van der Waals surface area (Å²) in [5.41, 5.74) is 0. The van der Waals surface area contributed by atoms with Gasteiger partial charge in [0.15, 0.2) is 0 Å². The van der Waals surface area contributed by atoms with Crippen LogP contribution in [0.1, 0.15) is 32.1 Å². The number of nitrogens with zero attached hydrogens (tertiary/aromatic N) is 2. The molecule has 1 rings (SSSR count). The number of hydrogen-bond acceptors (Lipinski definition) is 7. The Bertz CT molecular complexity index is 533. The minimum Gasteiger partial charge on any atom is -0.330 e. The molecule has 0 unspecified atom stereocenters. The molecule has 3 amide bonds. The van der Waals surface area contributed by atoms with E-state index < -0.39 is 29.7 Å². The summed E-state index contributed by atoms with van der Waals surface area (Å²) in [5.74, 6) is -1.86. The number of rotatable bonds is 5. The number of imide groups is 1. The predicted molar refractivity (Wildman–Crippen MR) is 68.7 cm³/mol. The number of hydroxylamine groups is 4.